The summed E-state index contributed by atoms with van der Waals surface area (Å²) < 4.78 is 5.06. The fourth-order valence-corrected chi connectivity index (χ4v) is 2.15. The molecule has 0 fully saturated rings. The highest BCUT2D eigenvalue weighted by Gasteiger charge is 2.25. The number of amides is 1. The number of carbonyl (C=O) groups is 1. The number of methoxy groups -OCH3 is 1. The van der Waals surface area contributed by atoms with Gasteiger partial charge in [-0.15, -0.1) is 0 Å². The van der Waals surface area contributed by atoms with E-state index in [1.807, 2.05) is 17.0 Å². The molecule has 0 bridgehead atoms. The molecule has 1 unspecified atom stereocenters. The molecule has 1 atom stereocenters. The second-order valence-electron chi connectivity index (χ2n) is 4.37. The number of nitrogens with two attached hydrogens (primary N) is 1. The Hall–Kier alpha value is -1.55. The van der Waals surface area contributed by atoms with Crippen molar-refractivity contribution in [1.29, 1.82) is 0 Å². The van der Waals surface area contributed by atoms with E-state index in [-0.39, 0.29) is 12.0 Å². The Morgan fingerprint density at radius 2 is 2.29 bits per heavy atom. The number of anilines is 1. The van der Waals surface area contributed by atoms with E-state index < -0.39 is 0 Å². The van der Waals surface area contributed by atoms with E-state index in [4.69, 9.17) is 10.5 Å². The molecule has 0 spiro atoms. The van der Waals surface area contributed by atoms with Crippen LogP contribution in [-0.4, -0.2) is 30.6 Å². The van der Waals surface area contributed by atoms with E-state index in [2.05, 4.69) is 6.07 Å². The molecule has 4 nitrogen and oxygen atoms in total. The van der Waals surface area contributed by atoms with Crippen molar-refractivity contribution in [3.05, 3.63) is 29.3 Å². The van der Waals surface area contributed by atoms with Gasteiger partial charge >= 0.3 is 0 Å². The van der Waals surface area contributed by atoms with Crippen LogP contribution in [0.3, 0.4) is 0 Å². The number of nitrogens with zero attached hydrogens (tertiary/aromatic N) is 1. The number of ether oxygens (including phenoxy) is 1. The van der Waals surface area contributed by atoms with Gasteiger partial charge in [0.25, 0.3) is 5.91 Å². The van der Waals surface area contributed by atoms with Crippen LogP contribution in [0.2, 0.25) is 0 Å². The van der Waals surface area contributed by atoms with Crippen molar-refractivity contribution in [2.45, 2.75) is 26.0 Å². The zero-order chi connectivity index (χ0) is 12.4. The summed E-state index contributed by atoms with van der Waals surface area (Å²) in [7, 11) is 1.55. The summed E-state index contributed by atoms with van der Waals surface area (Å²) in [5.41, 5.74) is 9.04. The van der Waals surface area contributed by atoms with E-state index in [0.717, 1.165) is 24.2 Å². The van der Waals surface area contributed by atoms with E-state index in [9.17, 15) is 4.79 Å². The minimum atomic E-state index is -0.388. The topological polar surface area (TPSA) is 55.6 Å². The summed E-state index contributed by atoms with van der Waals surface area (Å²) in [4.78, 5) is 13.8. The van der Waals surface area contributed by atoms with Crippen molar-refractivity contribution >= 4 is 11.6 Å². The van der Waals surface area contributed by atoms with Gasteiger partial charge in [-0.1, -0.05) is 12.1 Å². The Labute approximate surface area is 101 Å². The maximum atomic E-state index is 12.0. The van der Waals surface area contributed by atoms with Gasteiger partial charge in [-0.2, -0.15) is 0 Å². The fraction of sp³-hybridized carbons (Fsp3) is 0.462. The van der Waals surface area contributed by atoms with E-state index in [1.54, 1.807) is 14.0 Å². The quantitative estimate of drug-likeness (QED) is 0.782. The van der Waals surface area contributed by atoms with Crippen molar-refractivity contribution in [3.63, 3.8) is 0 Å². The first kappa shape index (κ1) is 11.9. The molecule has 2 rings (SSSR count). The van der Waals surface area contributed by atoms with Crippen LogP contribution in [0, 0.1) is 0 Å². The second-order valence-corrected chi connectivity index (χ2v) is 4.37. The number of rotatable bonds is 2. The molecule has 0 radical (unpaired) electrons. The molecule has 1 aromatic rings. The Morgan fingerprint density at radius 1 is 1.53 bits per heavy atom. The number of benzene rings is 1. The molecule has 0 aromatic heterocycles. The van der Waals surface area contributed by atoms with Gasteiger partial charge in [0.1, 0.15) is 6.10 Å². The molecular weight excluding hydrogens is 216 g/mol. The molecule has 0 saturated carbocycles. The first-order chi connectivity index (χ1) is 8.13. The first-order valence-electron chi connectivity index (χ1n) is 5.81. The Kier molecular flexibility index (Phi) is 3.33. The number of nitrogen functional groups attached to an aromatic ring is 1. The van der Waals surface area contributed by atoms with Crippen LogP contribution in [-0.2, 0) is 22.5 Å². The van der Waals surface area contributed by atoms with Crippen LogP contribution in [0.15, 0.2) is 18.2 Å². The minimum Gasteiger partial charge on any atom is -0.398 e. The lowest BCUT2D eigenvalue weighted by Crippen LogP contribution is -2.41. The molecule has 17 heavy (non-hydrogen) atoms. The van der Waals surface area contributed by atoms with Gasteiger partial charge in [0.05, 0.1) is 0 Å². The van der Waals surface area contributed by atoms with Gasteiger partial charge in [-0.3, -0.25) is 4.79 Å². The molecule has 1 heterocycles. The van der Waals surface area contributed by atoms with Crippen LogP contribution < -0.4 is 5.73 Å². The Morgan fingerprint density at radius 3 is 3.00 bits per heavy atom. The lowest BCUT2D eigenvalue weighted by atomic mass is 9.98. The Bertz CT molecular complexity index is 431. The Balaban J connectivity index is 2.18. The molecule has 1 amide bonds. The van der Waals surface area contributed by atoms with Crippen LogP contribution in [0.4, 0.5) is 5.69 Å². The standard InChI is InChI=1S/C13H18N2O2/c1-9(17-2)13(16)15-7-6-10-4-3-5-12(14)11(10)8-15/h3-5,9H,6-8,14H2,1-2H3. The maximum Gasteiger partial charge on any atom is 0.251 e. The lowest BCUT2D eigenvalue weighted by Gasteiger charge is -2.31. The number of hydrogen-bond donors (Lipinski definition) is 1. The number of hydrogen-bond acceptors (Lipinski definition) is 3. The average Bonchev–Trinajstić information content (AvgIpc) is 2.37. The van der Waals surface area contributed by atoms with Crippen LogP contribution >= 0.6 is 0 Å². The van der Waals surface area contributed by atoms with E-state index >= 15 is 0 Å². The summed E-state index contributed by atoms with van der Waals surface area (Å²) in [5, 5.41) is 0. The van der Waals surface area contributed by atoms with Gasteiger partial charge in [-0.25, -0.2) is 0 Å². The van der Waals surface area contributed by atoms with Gasteiger partial charge < -0.3 is 15.4 Å². The first-order valence-corrected chi connectivity index (χ1v) is 5.81. The van der Waals surface area contributed by atoms with Crippen molar-refractivity contribution in [3.8, 4) is 0 Å². The maximum absolute atomic E-state index is 12.0. The minimum absolute atomic E-state index is 0.0291. The third-order valence-electron chi connectivity index (χ3n) is 3.32. The summed E-state index contributed by atoms with van der Waals surface area (Å²) >= 11 is 0. The average molecular weight is 234 g/mol. The molecule has 1 aliphatic heterocycles. The highest BCUT2D eigenvalue weighted by atomic mass is 16.5. The summed E-state index contributed by atoms with van der Waals surface area (Å²) in [6, 6.07) is 5.92. The smallest absolute Gasteiger partial charge is 0.251 e. The SMILES string of the molecule is COC(C)C(=O)N1CCc2cccc(N)c2C1. The molecule has 0 aliphatic carbocycles. The van der Waals surface area contributed by atoms with E-state index in [1.165, 1.54) is 5.56 Å². The van der Waals surface area contributed by atoms with Crippen molar-refractivity contribution in [1.82, 2.24) is 4.90 Å². The predicted molar refractivity (Wildman–Crippen MR) is 66.4 cm³/mol. The molecule has 2 N–H and O–H groups in total. The molecule has 0 saturated heterocycles. The summed E-state index contributed by atoms with van der Waals surface area (Å²) in [5.74, 6) is 0.0291. The molecule has 1 aliphatic rings. The van der Waals surface area contributed by atoms with Crippen LogP contribution in [0.1, 0.15) is 18.1 Å². The van der Waals surface area contributed by atoms with Gasteiger partial charge in [0.15, 0.2) is 0 Å². The number of carbonyl (C=O) groups excluding carboxylic acids is 1. The van der Waals surface area contributed by atoms with Gasteiger partial charge in [-0.05, 0) is 30.5 Å². The summed E-state index contributed by atoms with van der Waals surface area (Å²) in [6.45, 7) is 3.10. The second kappa shape index (κ2) is 4.75. The zero-order valence-corrected chi connectivity index (χ0v) is 10.3. The van der Waals surface area contributed by atoms with Crippen LogP contribution in [0.25, 0.3) is 0 Å². The highest BCUT2D eigenvalue weighted by molar-refractivity contribution is 5.81. The van der Waals surface area contributed by atoms with E-state index in [0.29, 0.717) is 6.54 Å². The third kappa shape index (κ3) is 2.26. The molecule has 1 aromatic carbocycles. The monoisotopic (exact) mass is 234 g/mol. The summed E-state index contributed by atoms with van der Waals surface area (Å²) in [6.07, 6.45) is 0.476. The fourth-order valence-electron chi connectivity index (χ4n) is 2.15. The van der Waals surface area contributed by atoms with Gasteiger partial charge in [0, 0.05) is 25.9 Å². The zero-order valence-electron chi connectivity index (χ0n) is 10.3. The number of fused-ring (bicyclic) bond motifs is 1. The van der Waals surface area contributed by atoms with Crippen LogP contribution in [0.5, 0.6) is 0 Å². The predicted octanol–water partition coefficient (Wildman–Crippen LogP) is 1.19. The lowest BCUT2D eigenvalue weighted by molar-refractivity contribution is -0.141. The largest absolute Gasteiger partial charge is 0.398 e. The van der Waals surface area contributed by atoms with Gasteiger partial charge in [0.2, 0.25) is 0 Å². The van der Waals surface area contributed by atoms with Crippen molar-refractivity contribution in [2.75, 3.05) is 19.4 Å². The molecule has 4 heteroatoms. The molecule has 92 valence electrons. The highest BCUT2D eigenvalue weighted by Crippen LogP contribution is 2.24. The normalized spacial score (nSPS) is 16.5. The molecular formula is C13H18N2O2. The van der Waals surface area contributed by atoms with Crippen molar-refractivity contribution < 1.29 is 9.53 Å². The third-order valence-corrected chi connectivity index (χ3v) is 3.32. The van der Waals surface area contributed by atoms with Crippen molar-refractivity contribution in [2.24, 2.45) is 0 Å².